The zero-order valence-electron chi connectivity index (χ0n) is 7.33. The first-order valence-corrected chi connectivity index (χ1v) is 6.96. The molecule has 1 rings (SSSR count). The first kappa shape index (κ1) is 11.4. The molecule has 0 unspecified atom stereocenters. The molecular weight excluding hydrogens is 258 g/mol. The highest BCUT2D eigenvalue weighted by Crippen LogP contribution is 2.14. The molecule has 1 heterocycles. The number of nitrogens with one attached hydrogen (secondary N) is 1. The van der Waals surface area contributed by atoms with Crippen molar-refractivity contribution >= 4 is 26.0 Å². The van der Waals surface area contributed by atoms with Crippen LogP contribution < -0.4 is 4.72 Å². The molecule has 0 atom stereocenters. The van der Waals surface area contributed by atoms with E-state index in [2.05, 4.69) is 20.7 Å². The fraction of sp³-hybridized carbons (Fsp3) is 1.00. The Kier molecular flexibility index (Phi) is 4.64. The van der Waals surface area contributed by atoms with Crippen LogP contribution in [-0.2, 0) is 14.8 Å². The van der Waals surface area contributed by atoms with Gasteiger partial charge in [-0.15, -0.1) is 0 Å². The zero-order valence-corrected chi connectivity index (χ0v) is 9.73. The number of ether oxygens (including phenoxy) is 1. The summed E-state index contributed by atoms with van der Waals surface area (Å²) in [6.45, 7) is 1.57. The molecule has 0 bridgehead atoms. The highest BCUT2D eigenvalue weighted by atomic mass is 79.9. The van der Waals surface area contributed by atoms with E-state index in [1.54, 1.807) is 0 Å². The monoisotopic (exact) mass is 271 g/mol. The smallest absolute Gasteiger partial charge is 0.214 e. The summed E-state index contributed by atoms with van der Waals surface area (Å²) < 4.78 is 30.8. The molecule has 13 heavy (non-hydrogen) atoms. The maximum Gasteiger partial charge on any atom is 0.214 e. The number of rotatable bonds is 4. The van der Waals surface area contributed by atoms with Crippen molar-refractivity contribution in [2.45, 2.75) is 18.1 Å². The lowest BCUT2D eigenvalue weighted by molar-refractivity contribution is 0.0981. The third-order valence-corrected chi connectivity index (χ3v) is 4.36. The minimum Gasteiger partial charge on any atom is -0.381 e. The Bertz CT molecular complexity index is 236. The molecule has 0 aromatic rings. The minimum absolute atomic E-state index is 0.264. The predicted octanol–water partition coefficient (Wildman–Crippen LogP) is 0.480. The average molecular weight is 272 g/mol. The van der Waals surface area contributed by atoms with Crippen LogP contribution in [0.5, 0.6) is 0 Å². The summed E-state index contributed by atoms with van der Waals surface area (Å²) in [6, 6.07) is 0. The van der Waals surface area contributed by atoms with Gasteiger partial charge in [0.2, 0.25) is 10.0 Å². The molecule has 1 N–H and O–H groups in total. The van der Waals surface area contributed by atoms with Gasteiger partial charge in [0.1, 0.15) is 0 Å². The first-order chi connectivity index (χ1) is 6.17. The molecule has 1 fully saturated rings. The molecular formula is C7H14BrNO3S. The van der Waals surface area contributed by atoms with Gasteiger partial charge in [-0.05, 0) is 12.8 Å². The van der Waals surface area contributed by atoms with Crippen LogP contribution in [0.4, 0.5) is 0 Å². The van der Waals surface area contributed by atoms with E-state index in [9.17, 15) is 8.42 Å². The van der Waals surface area contributed by atoms with E-state index < -0.39 is 10.0 Å². The summed E-state index contributed by atoms with van der Waals surface area (Å²) in [4.78, 5) is 0. The Labute approximate surface area is 87.2 Å². The predicted molar refractivity (Wildman–Crippen MR) is 54.6 cm³/mol. The van der Waals surface area contributed by atoms with Gasteiger partial charge < -0.3 is 4.74 Å². The van der Waals surface area contributed by atoms with Gasteiger partial charge in [0, 0.05) is 25.1 Å². The van der Waals surface area contributed by atoms with Crippen molar-refractivity contribution in [3.63, 3.8) is 0 Å². The largest absolute Gasteiger partial charge is 0.381 e. The SMILES string of the molecule is O=S(=O)(NCCBr)C1CCOCC1. The second-order valence-corrected chi connectivity index (χ2v) is 5.78. The lowest BCUT2D eigenvalue weighted by atomic mass is 10.2. The maximum absolute atomic E-state index is 11.6. The maximum atomic E-state index is 11.6. The van der Waals surface area contributed by atoms with E-state index in [1.807, 2.05) is 0 Å². The highest BCUT2D eigenvalue weighted by Gasteiger charge is 2.26. The third-order valence-electron chi connectivity index (χ3n) is 2.00. The average Bonchev–Trinajstić information content (AvgIpc) is 2.16. The van der Waals surface area contributed by atoms with Gasteiger partial charge in [0.15, 0.2) is 0 Å². The zero-order chi connectivity index (χ0) is 9.73. The number of sulfonamides is 1. The second-order valence-electron chi connectivity index (χ2n) is 2.94. The van der Waals surface area contributed by atoms with Crippen LogP contribution in [-0.4, -0.2) is 38.8 Å². The van der Waals surface area contributed by atoms with Crippen molar-refractivity contribution in [3.05, 3.63) is 0 Å². The summed E-state index contributed by atoms with van der Waals surface area (Å²) in [6.07, 6.45) is 1.22. The topological polar surface area (TPSA) is 55.4 Å². The molecule has 1 saturated heterocycles. The van der Waals surface area contributed by atoms with E-state index in [0.29, 0.717) is 37.9 Å². The van der Waals surface area contributed by atoms with Crippen LogP contribution in [0.25, 0.3) is 0 Å². The molecule has 4 nitrogen and oxygen atoms in total. The van der Waals surface area contributed by atoms with E-state index in [-0.39, 0.29) is 5.25 Å². The Morgan fingerprint density at radius 1 is 1.38 bits per heavy atom. The quantitative estimate of drug-likeness (QED) is 0.757. The van der Waals surface area contributed by atoms with Gasteiger partial charge in [-0.25, -0.2) is 13.1 Å². The Balaban J connectivity index is 2.47. The first-order valence-electron chi connectivity index (χ1n) is 4.29. The Morgan fingerprint density at radius 3 is 2.54 bits per heavy atom. The number of alkyl halides is 1. The molecule has 0 amide bonds. The van der Waals surface area contributed by atoms with Crippen molar-refractivity contribution in [1.82, 2.24) is 4.72 Å². The highest BCUT2D eigenvalue weighted by molar-refractivity contribution is 9.09. The molecule has 0 aromatic carbocycles. The molecule has 1 aliphatic rings. The van der Waals surface area contributed by atoms with Gasteiger partial charge in [-0.1, -0.05) is 15.9 Å². The van der Waals surface area contributed by atoms with E-state index in [1.165, 1.54) is 0 Å². The number of hydrogen-bond donors (Lipinski definition) is 1. The number of halogens is 1. The molecule has 0 radical (unpaired) electrons. The van der Waals surface area contributed by atoms with Crippen LogP contribution in [0, 0.1) is 0 Å². The molecule has 78 valence electrons. The minimum atomic E-state index is -3.11. The molecule has 0 saturated carbocycles. The Morgan fingerprint density at radius 2 is 2.00 bits per heavy atom. The molecule has 0 aliphatic carbocycles. The third kappa shape index (κ3) is 3.53. The van der Waals surface area contributed by atoms with E-state index in [4.69, 9.17) is 4.74 Å². The van der Waals surface area contributed by atoms with Crippen LogP contribution in [0.1, 0.15) is 12.8 Å². The molecule has 0 aromatic heterocycles. The van der Waals surface area contributed by atoms with E-state index >= 15 is 0 Å². The molecule has 1 aliphatic heterocycles. The van der Waals surface area contributed by atoms with Gasteiger partial charge >= 0.3 is 0 Å². The lowest BCUT2D eigenvalue weighted by Gasteiger charge is -2.22. The van der Waals surface area contributed by atoms with Crippen molar-refractivity contribution in [2.75, 3.05) is 25.1 Å². The fourth-order valence-corrected chi connectivity index (χ4v) is 3.18. The van der Waals surface area contributed by atoms with Gasteiger partial charge in [0.05, 0.1) is 5.25 Å². The van der Waals surface area contributed by atoms with E-state index in [0.717, 1.165) is 0 Å². The van der Waals surface area contributed by atoms with Crippen LogP contribution in [0.15, 0.2) is 0 Å². The van der Waals surface area contributed by atoms with Gasteiger partial charge in [0.25, 0.3) is 0 Å². The van der Waals surface area contributed by atoms with Crippen LogP contribution in [0.3, 0.4) is 0 Å². The second kappa shape index (κ2) is 5.29. The van der Waals surface area contributed by atoms with Crippen LogP contribution >= 0.6 is 15.9 Å². The van der Waals surface area contributed by atoms with Gasteiger partial charge in [-0.2, -0.15) is 0 Å². The van der Waals surface area contributed by atoms with Crippen LogP contribution in [0.2, 0.25) is 0 Å². The summed E-state index contributed by atoms with van der Waals surface area (Å²) in [5.74, 6) is 0. The normalized spacial score (nSPS) is 20.4. The molecule has 0 spiro atoms. The summed E-state index contributed by atoms with van der Waals surface area (Å²) in [5, 5.41) is 0.385. The van der Waals surface area contributed by atoms with Crippen molar-refractivity contribution < 1.29 is 13.2 Å². The summed E-state index contributed by atoms with van der Waals surface area (Å²) >= 11 is 3.17. The van der Waals surface area contributed by atoms with Crippen molar-refractivity contribution in [3.8, 4) is 0 Å². The fourth-order valence-electron chi connectivity index (χ4n) is 1.28. The standard InChI is InChI=1S/C7H14BrNO3S/c8-3-4-9-13(10,11)7-1-5-12-6-2-7/h7,9H,1-6H2. The molecule has 6 heteroatoms. The Hall–Kier alpha value is 0.350. The summed E-state index contributed by atoms with van der Waals surface area (Å²) in [7, 11) is -3.11. The summed E-state index contributed by atoms with van der Waals surface area (Å²) in [5.41, 5.74) is 0. The number of hydrogen-bond acceptors (Lipinski definition) is 3. The van der Waals surface area contributed by atoms with Crippen molar-refractivity contribution in [2.24, 2.45) is 0 Å². The lowest BCUT2D eigenvalue weighted by Crippen LogP contribution is -2.38. The van der Waals surface area contributed by atoms with Crippen molar-refractivity contribution in [1.29, 1.82) is 0 Å². The van der Waals surface area contributed by atoms with Gasteiger partial charge in [-0.3, -0.25) is 0 Å².